The average Bonchev–Trinajstić information content (AvgIpc) is 3.12. The zero-order chi connectivity index (χ0) is 30.2. The Hall–Kier alpha value is -4.75. The fraction of sp³-hybridized carbons (Fsp3) is 0.250. The minimum absolute atomic E-state index is 0.266. The van der Waals surface area contributed by atoms with Gasteiger partial charge in [0, 0.05) is 0 Å². The number of aliphatic carboxylic acids is 1. The van der Waals surface area contributed by atoms with Gasteiger partial charge in [0.2, 0.25) is 0 Å². The van der Waals surface area contributed by atoms with E-state index < -0.39 is 18.1 Å². The molecule has 0 spiro atoms. The largest absolute Gasteiger partial charge is 0.481 e. The molecule has 0 saturated carbocycles. The van der Waals surface area contributed by atoms with E-state index in [1.807, 2.05) is 109 Å². The van der Waals surface area contributed by atoms with Crippen molar-refractivity contribution in [3.63, 3.8) is 0 Å². The van der Waals surface area contributed by atoms with Gasteiger partial charge >= 0.3 is 5.97 Å². The molecular weight excluding hydrogens is 538 g/mol. The Balaban J connectivity index is 1.70. The van der Waals surface area contributed by atoms with E-state index in [-0.39, 0.29) is 24.8 Å². The van der Waals surface area contributed by atoms with Gasteiger partial charge in [-0.15, -0.1) is 0 Å². The van der Waals surface area contributed by atoms with Gasteiger partial charge < -0.3 is 20.6 Å². The average molecular weight is 576 g/mol. The molecule has 4 aromatic rings. The van der Waals surface area contributed by atoms with Crippen LogP contribution in [0, 0.1) is 0 Å². The highest BCUT2D eigenvalue weighted by Gasteiger charge is 2.44. The van der Waals surface area contributed by atoms with Gasteiger partial charge in [-0.25, -0.2) is 0 Å². The number of fused-ring (bicyclic) bond motifs is 1. The van der Waals surface area contributed by atoms with E-state index in [0.29, 0.717) is 28.9 Å². The Labute approximate surface area is 252 Å². The van der Waals surface area contributed by atoms with Crippen molar-refractivity contribution in [1.82, 2.24) is 4.90 Å². The Morgan fingerprint density at radius 3 is 2.09 bits per heavy atom. The summed E-state index contributed by atoms with van der Waals surface area (Å²) < 4.78 is 0. The number of hydrogen-bond acceptors (Lipinski definition) is 4. The van der Waals surface area contributed by atoms with E-state index >= 15 is 0 Å². The minimum Gasteiger partial charge on any atom is -0.481 e. The van der Waals surface area contributed by atoms with Gasteiger partial charge in [-0.3, -0.25) is 14.4 Å². The molecule has 2 amide bonds. The summed E-state index contributed by atoms with van der Waals surface area (Å²) in [6.45, 7) is 0.904. The molecule has 7 nitrogen and oxygen atoms in total. The fourth-order valence-electron chi connectivity index (χ4n) is 5.84. The molecule has 220 valence electrons. The summed E-state index contributed by atoms with van der Waals surface area (Å²) in [5.74, 6) is -1.71. The maximum Gasteiger partial charge on any atom is 0.305 e. The molecule has 7 heteroatoms. The molecule has 2 unspecified atom stereocenters. The smallest absolute Gasteiger partial charge is 0.305 e. The van der Waals surface area contributed by atoms with Crippen molar-refractivity contribution in [1.29, 1.82) is 0 Å². The number of carbonyl (C=O) groups excluding carboxylic acids is 2. The first-order valence-electron chi connectivity index (χ1n) is 14.8. The number of carboxylic acids is 1. The molecule has 0 fully saturated rings. The predicted molar refractivity (Wildman–Crippen MR) is 167 cm³/mol. The lowest BCUT2D eigenvalue weighted by Crippen LogP contribution is -2.44. The number of carbonyl (C=O) groups is 3. The molecular formula is C36H37N3O4. The third-order valence-corrected chi connectivity index (χ3v) is 7.95. The van der Waals surface area contributed by atoms with Crippen LogP contribution < -0.4 is 10.6 Å². The van der Waals surface area contributed by atoms with Crippen LogP contribution in [-0.2, 0) is 22.6 Å². The zero-order valence-electron chi connectivity index (χ0n) is 24.1. The molecule has 0 radical (unpaired) electrons. The lowest BCUT2D eigenvalue weighted by molar-refractivity contribution is -0.139. The summed E-state index contributed by atoms with van der Waals surface area (Å²) in [6, 6.07) is 31.8. The second-order valence-corrected chi connectivity index (χ2v) is 10.9. The van der Waals surface area contributed by atoms with E-state index in [0.717, 1.165) is 36.8 Å². The molecule has 3 N–H and O–H groups in total. The lowest BCUT2D eigenvalue weighted by Gasteiger charge is -2.37. The number of unbranched alkanes of at least 4 members (excludes halogenated alkanes) is 2. The molecule has 0 saturated heterocycles. The Kier molecular flexibility index (Phi) is 9.64. The second-order valence-electron chi connectivity index (χ2n) is 10.9. The Morgan fingerprint density at radius 2 is 1.44 bits per heavy atom. The van der Waals surface area contributed by atoms with E-state index in [9.17, 15) is 19.5 Å². The SMILES string of the molecule is NCCCCCc1ccc2c(c1)C(=O)N(C(CC(=O)O)c1ccccc1)C(c1ccccc1)C(=O)N2Cc1ccccc1. The maximum absolute atomic E-state index is 14.8. The predicted octanol–water partition coefficient (Wildman–Crippen LogP) is 6.30. The number of nitrogens with two attached hydrogens (primary N) is 1. The van der Waals surface area contributed by atoms with Gasteiger partial charge in [-0.2, -0.15) is 0 Å². The molecule has 2 atom stereocenters. The highest BCUT2D eigenvalue weighted by Crippen LogP contribution is 2.41. The van der Waals surface area contributed by atoms with Crippen molar-refractivity contribution in [3.05, 3.63) is 137 Å². The quantitative estimate of drug-likeness (QED) is 0.193. The molecule has 4 aromatic carbocycles. The molecule has 1 aliphatic heterocycles. The van der Waals surface area contributed by atoms with Crippen LogP contribution in [0.5, 0.6) is 0 Å². The van der Waals surface area contributed by atoms with Crippen LogP contribution in [0.3, 0.4) is 0 Å². The maximum atomic E-state index is 14.8. The summed E-state index contributed by atoms with van der Waals surface area (Å²) in [6.07, 6.45) is 3.27. The van der Waals surface area contributed by atoms with Crippen LogP contribution in [0.25, 0.3) is 0 Å². The van der Waals surface area contributed by atoms with Crippen molar-refractivity contribution in [3.8, 4) is 0 Å². The number of amides is 2. The number of nitrogens with zero attached hydrogens (tertiary/aromatic N) is 2. The topological polar surface area (TPSA) is 104 Å². The normalized spacial score (nSPS) is 15.6. The molecule has 1 heterocycles. The lowest BCUT2D eigenvalue weighted by atomic mass is 9.95. The minimum atomic E-state index is -1.06. The summed E-state index contributed by atoms with van der Waals surface area (Å²) in [4.78, 5) is 45.1. The molecule has 0 bridgehead atoms. The Bertz CT molecular complexity index is 1540. The standard InChI is InChI=1S/C36H37N3O4/c37-22-12-4-7-13-26-20-21-31-30(23-26)35(42)39(32(24-33(40)41)28-16-8-2-9-17-28)34(29-18-10-3-11-19-29)36(43)38(31)25-27-14-5-1-6-15-27/h1-3,5-6,8-11,14-21,23,32,34H,4,7,12-13,22,24-25,37H2,(H,40,41). The van der Waals surface area contributed by atoms with Gasteiger partial charge in [-0.05, 0) is 60.2 Å². The molecule has 1 aliphatic rings. The van der Waals surface area contributed by atoms with Gasteiger partial charge in [0.1, 0.15) is 6.04 Å². The number of carboxylic acid groups (broad SMARTS) is 1. The van der Waals surface area contributed by atoms with Crippen molar-refractivity contribution in [2.75, 3.05) is 11.4 Å². The van der Waals surface area contributed by atoms with E-state index in [4.69, 9.17) is 5.73 Å². The molecule has 5 rings (SSSR count). The van der Waals surface area contributed by atoms with Crippen LogP contribution in [0.4, 0.5) is 5.69 Å². The van der Waals surface area contributed by atoms with E-state index in [2.05, 4.69) is 0 Å². The number of aryl methyl sites for hydroxylation is 1. The van der Waals surface area contributed by atoms with Crippen molar-refractivity contribution < 1.29 is 19.5 Å². The third kappa shape index (κ3) is 6.84. The molecule has 0 aliphatic carbocycles. The van der Waals surface area contributed by atoms with Crippen molar-refractivity contribution in [2.45, 2.75) is 50.7 Å². The van der Waals surface area contributed by atoms with Crippen LogP contribution >= 0.6 is 0 Å². The Morgan fingerprint density at radius 1 is 0.791 bits per heavy atom. The first kappa shape index (κ1) is 29.7. The first-order valence-corrected chi connectivity index (χ1v) is 14.8. The van der Waals surface area contributed by atoms with Gasteiger partial charge in [0.25, 0.3) is 11.8 Å². The summed E-state index contributed by atoms with van der Waals surface area (Å²) in [5, 5.41) is 10.0. The van der Waals surface area contributed by atoms with Gasteiger partial charge in [-0.1, -0.05) is 103 Å². The van der Waals surface area contributed by atoms with Crippen LogP contribution in [-0.4, -0.2) is 34.3 Å². The monoisotopic (exact) mass is 575 g/mol. The third-order valence-electron chi connectivity index (χ3n) is 7.95. The summed E-state index contributed by atoms with van der Waals surface area (Å²) in [5.41, 5.74) is 9.79. The van der Waals surface area contributed by atoms with Gasteiger partial charge in [0.05, 0.1) is 30.3 Å². The number of benzene rings is 4. The van der Waals surface area contributed by atoms with Gasteiger partial charge in [0.15, 0.2) is 0 Å². The van der Waals surface area contributed by atoms with Crippen LogP contribution in [0.2, 0.25) is 0 Å². The molecule has 43 heavy (non-hydrogen) atoms. The second kappa shape index (κ2) is 13.9. The fourth-order valence-corrected chi connectivity index (χ4v) is 5.84. The highest BCUT2D eigenvalue weighted by molar-refractivity contribution is 6.11. The summed E-state index contributed by atoms with van der Waals surface area (Å²) in [7, 11) is 0. The highest BCUT2D eigenvalue weighted by atomic mass is 16.4. The number of rotatable bonds is 12. The van der Waals surface area contributed by atoms with Crippen molar-refractivity contribution in [2.24, 2.45) is 5.73 Å². The van der Waals surface area contributed by atoms with E-state index in [1.165, 1.54) is 4.90 Å². The first-order chi connectivity index (χ1) is 21.0. The number of hydrogen-bond donors (Lipinski definition) is 2. The van der Waals surface area contributed by atoms with Crippen molar-refractivity contribution >= 4 is 23.5 Å². The summed E-state index contributed by atoms with van der Waals surface area (Å²) >= 11 is 0. The van der Waals surface area contributed by atoms with Crippen LogP contribution in [0.1, 0.15) is 70.4 Å². The van der Waals surface area contributed by atoms with E-state index in [1.54, 1.807) is 4.90 Å². The van der Waals surface area contributed by atoms with Crippen LogP contribution in [0.15, 0.2) is 109 Å². The molecule has 0 aromatic heterocycles. The zero-order valence-corrected chi connectivity index (χ0v) is 24.1. The number of anilines is 1.